The van der Waals surface area contributed by atoms with E-state index >= 15 is 0 Å². The molecule has 1 heterocycles. The number of ether oxygens (including phenoxy) is 2. The third kappa shape index (κ3) is 5.96. The molecule has 0 saturated heterocycles. The molecule has 0 saturated carbocycles. The van der Waals surface area contributed by atoms with Crippen LogP contribution in [0.25, 0.3) is 0 Å². The monoisotopic (exact) mass is 268 g/mol. The van der Waals surface area contributed by atoms with Crippen molar-refractivity contribution in [3.8, 4) is 0 Å². The maximum Gasteiger partial charge on any atom is 0.225 e. The Morgan fingerprint density at radius 3 is 2.37 bits per heavy atom. The predicted octanol–water partition coefficient (Wildman–Crippen LogP) is 0.467. The normalized spacial score (nSPS) is 10.7. The summed E-state index contributed by atoms with van der Waals surface area (Å²) in [7, 11) is 3.40. The lowest BCUT2D eigenvalue weighted by molar-refractivity contribution is 0.190. The van der Waals surface area contributed by atoms with Gasteiger partial charge >= 0.3 is 0 Å². The smallest absolute Gasteiger partial charge is 0.225 e. The highest BCUT2D eigenvalue weighted by Gasteiger charge is 2.09. The van der Waals surface area contributed by atoms with Crippen LogP contribution >= 0.6 is 0 Å². The molecule has 0 aliphatic heterocycles. The molecule has 19 heavy (non-hydrogen) atoms. The van der Waals surface area contributed by atoms with Crippen molar-refractivity contribution < 1.29 is 9.47 Å². The van der Waals surface area contributed by atoms with E-state index in [9.17, 15) is 0 Å². The lowest BCUT2D eigenvalue weighted by atomic mass is 10.2. The van der Waals surface area contributed by atoms with E-state index in [1.807, 2.05) is 12.4 Å². The van der Waals surface area contributed by atoms with E-state index in [2.05, 4.69) is 14.9 Å². The Balaban J connectivity index is 2.60. The van der Waals surface area contributed by atoms with Crippen molar-refractivity contribution in [2.45, 2.75) is 12.8 Å². The Hall–Kier alpha value is -1.24. The summed E-state index contributed by atoms with van der Waals surface area (Å²) >= 11 is 0. The molecule has 0 aromatic carbocycles. The summed E-state index contributed by atoms with van der Waals surface area (Å²) in [6, 6.07) is 0. The summed E-state index contributed by atoms with van der Waals surface area (Å²) in [6.45, 7) is 3.63. The van der Waals surface area contributed by atoms with Gasteiger partial charge in [-0.25, -0.2) is 9.97 Å². The summed E-state index contributed by atoms with van der Waals surface area (Å²) in [6.07, 6.45) is 5.42. The van der Waals surface area contributed by atoms with Crippen molar-refractivity contribution in [3.63, 3.8) is 0 Å². The average Bonchev–Trinajstić information content (AvgIpc) is 2.44. The topological polar surface area (TPSA) is 73.5 Å². The lowest BCUT2D eigenvalue weighted by Gasteiger charge is -2.22. The highest BCUT2D eigenvalue weighted by molar-refractivity contribution is 5.29. The first-order valence-corrected chi connectivity index (χ1v) is 6.55. The van der Waals surface area contributed by atoms with E-state index in [1.54, 1.807) is 14.2 Å². The predicted molar refractivity (Wildman–Crippen MR) is 75.4 cm³/mol. The second kappa shape index (κ2) is 9.66. The molecule has 0 aliphatic rings. The summed E-state index contributed by atoms with van der Waals surface area (Å²) in [5.74, 6) is 0.730. The van der Waals surface area contributed by atoms with Crippen LogP contribution in [0.15, 0.2) is 12.4 Å². The molecule has 6 heteroatoms. The molecule has 0 amide bonds. The van der Waals surface area contributed by atoms with Crippen LogP contribution in [-0.2, 0) is 15.9 Å². The van der Waals surface area contributed by atoms with Gasteiger partial charge in [0.1, 0.15) is 0 Å². The van der Waals surface area contributed by atoms with Gasteiger partial charge in [-0.3, -0.25) is 0 Å². The van der Waals surface area contributed by atoms with Crippen molar-refractivity contribution in [3.05, 3.63) is 18.0 Å². The fourth-order valence-electron chi connectivity index (χ4n) is 1.72. The van der Waals surface area contributed by atoms with Gasteiger partial charge in [0.15, 0.2) is 0 Å². The summed E-state index contributed by atoms with van der Waals surface area (Å²) < 4.78 is 10.2. The van der Waals surface area contributed by atoms with Crippen molar-refractivity contribution in [1.82, 2.24) is 9.97 Å². The molecule has 108 valence electrons. The fraction of sp³-hybridized carbons (Fsp3) is 0.692. The third-order valence-electron chi connectivity index (χ3n) is 2.75. The lowest BCUT2D eigenvalue weighted by Crippen LogP contribution is -2.30. The number of methoxy groups -OCH3 is 2. The number of hydrogen-bond acceptors (Lipinski definition) is 6. The number of anilines is 1. The van der Waals surface area contributed by atoms with Crippen LogP contribution in [0.5, 0.6) is 0 Å². The SMILES string of the molecule is COCCCN(CCOC)c1ncc(CCN)cn1. The Kier molecular flexibility index (Phi) is 8.04. The molecule has 0 fully saturated rings. The maximum atomic E-state index is 5.51. The van der Waals surface area contributed by atoms with E-state index in [4.69, 9.17) is 15.2 Å². The van der Waals surface area contributed by atoms with Gasteiger partial charge in [-0.05, 0) is 24.9 Å². The Bertz CT molecular complexity index is 332. The van der Waals surface area contributed by atoms with Gasteiger partial charge in [-0.2, -0.15) is 0 Å². The van der Waals surface area contributed by atoms with E-state index in [-0.39, 0.29) is 0 Å². The summed E-state index contributed by atoms with van der Waals surface area (Å²) in [5.41, 5.74) is 6.57. The van der Waals surface area contributed by atoms with Gasteiger partial charge in [0, 0.05) is 46.3 Å². The molecule has 0 unspecified atom stereocenters. The molecule has 1 rings (SSSR count). The van der Waals surface area contributed by atoms with E-state index in [0.29, 0.717) is 13.2 Å². The van der Waals surface area contributed by atoms with Crippen LogP contribution in [0.3, 0.4) is 0 Å². The van der Waals surface area contributed by atoms with Gasteiger partial charge < -0.3 is 20.1 Å². The molecular weight excluding hydrogens is 244 g/mol. The molecule has 0 bridgehead atoms. The first-order valence-electron chi connectivity index (χ1n) is 6.55. The van der Waals surface area contributed by atoms with Gasteiger partial charge in [-0.1, -0.05) is 0 Å². The average molecular weight is 268 g/mol. The third-order valence-corrected chi connectivity index (χ3v) is 2.75. The second-order valence-electron chi connectivity index (χ2n) is 4.26. The van der Waals surface area contributed by atoms with Gasteiger partial charge in [0.05, 0.1) is 6.61 Å². The standard InChI is InChI=1S/C13H24N4O2/c1-18-8-3-6-17(7-9-19-2)13-15-10-12(4-5-14)11-16-13/h10-11H,3-9,14H2,1-2H3. The van der Waals surface area contributed by atoms with Gasteiger partial charge in [0.2, 0.25) is 5.95 Å². The fourth-order valence-corrected chi connectivity index (χ4v) is 1.72. The molecule has 0 aliphatic carbocycles. The largest absolute Gasteiger partial charge is 0.385 e. The molecule has 0 radical (unpaired) electrons. The van der Waals surface area contributed by atoms with E-state index in [1.165, 1.54) is 0 Å². The summed E-state index contributed by atoms with van der Waals surface area (Å²) in [4.78, 5) is 10.9. The molecule has 1 aromatic heterocycles. The zero-order valence-electron chi connectivity index (χ0n) is 11.8. The minimum atomic E-state index is 0.615. The first kappa shape index (κ1) is 15.8. The molecule has 1 aromatic rings. The number of hydrogen-bond donors (Lipinski definition) is 1. The first-order chi connectivity index (χ1) is 9.31. The molecule has 0 spiro atoms. The Morgan fingerprint density at radius 1 is 1.11 bits per heavy atom. The zero-order valence-corrected chi connectivity index (χ0v) is 11.8. The highest BCUT2D eigenvalue weighted by atomic mass is 16.5. The minimum absolute atomic E-state index is 0.615. The van der Waals surface area contributed by atoms with Gasteiger partial charge in [0.25, 0.3) is 0 Å². The van der Waals surface area contributed by atoms with Crippen molar-refractivity contribution in [2.75, 3.05) is 52.0 Å². The van der Waals surface area contributed by atoms with Crippen LogP contribution < -0.4 is 10.6 Å². The van der Waals surface area contributed by atoms with Crippen molar-refractivity contribution in [1.29, 1.82) is 0 Å². The Labute approximate surface area is 114 Å². The zero-order chi connectivity index (χ0) is 13.9. The maximum absolute atomic E-state index is 5.51. The van der Waals surface area contributed by atoms with Gasteiger partial charge in [-0.15, -0.1) is 0 Å². The van der Waals surface area contributed by atoms with Crippen LogP contribution in [0, 0.1) is 0 Å². The number of nitrogens with zero attached hydrogens (tertiary/aromatic N) is 3. The number of rotatable bonds is 10. The number of nitrogens with two attached hydrogens (primary N) is 1. The highest BCUT2D eigenvalue weighted by Crippen LogP contribution is 2.08. The molecule has 6 nitrogen and oxygen atoms in total. The van der Waals surface area contributed by atoms with E-state index < -0.39 is 0 Å². The van der Waals surface area contributed by atoms with Crippen LogP contribution in [0.2, 0.25) is 0 Å². The molecular formula is C13H24N4O2. The van der Waals surface area contributed by atoms with Crippen molar-refractivity contribution in [2.24, 2.45) is 5.73 Å². The number of aromatic nitrogens is 2. The quantitative estimate of drug-likeness (QED) is 0.622. The van der Waals surface area contributed by atoms with E-state index in [0.717, 1.165) is 44.0 Å². The summed E-state index contributed by atoms with van der Waals surface area (Å²) in [5, 5.41) is 0. The molecule has 0 atom stereocenters. The Morgan fingerprint density at radius 2 is 1.79 bits per heavy atom. The second-order valence-corrected chi connectivity index (χ2v) is 4.26. The minimum Gasteiger partial charge on any atom is -0.385 e. The van der Waals surface area contributed by atoms with Crippen LogP contribution in [-0.4, -0.2) is 57.0 Å². The molecule has 2 N–H and O–H groups in total. The van der Waals surface area contributed by atoms with Crippen LogP contribution in [0.1, 0.15) is 12.0 Å². The van der Waals surface area contributed by atoms with Crippen molar-refractivity contribution >= 4 is 5.95 Å². The van der Waals surface area contributed by atoms with Crippen LogP contribution in [0.4, 0.5) is 5.95 Å².